The summed E-state index contributed by atoms with van der Waals surface area (Å²) in [6.45, 7) is 6.39. The highest BCUT2D eigenvalue weighted by molar-refractivity contribution is 5.85. The Balaban J connectivity index is 0.000000180. The Hall–Kier alpha value is -0.590. The fourth-order valence-corrected chi connectivity index (χ4v) is 0.456. The zero-order valence-electron chi connectivity index (χ0n) is 7.22. The van der Waals surface area contributed by atoms with Crippen molar-refractivity contribution in [3.8, 4) is 0 Å². The summed E-state index contributed by atoms with van der Waals surface area (Å²) in [5, 5.41) is 0. The number of hydrogen-bond acceptors (Lipinski definition) is 1. The van der Waals surface area contributed by atoms with Crippen LogP contribution >= 0.6 is 0 Å². The minimum atomic E-state index is 1.06. The minimum absolute atomic E-state index is 1.06. The summed E-state index contributed by atoms with van der Waals surface area (Å²) in [5.74, 6) is 0. The van der Waals surface area contributed by atoms with Crippen LogP contribution in [0.25, 0.3) is 0 Å². The van der Waals surface area contributed by atoms with Crippen molar-refractivity contribution < 1.29 is 0 Å². The zero-order valence-corrected chi connectivity index (χ0v) is 7.22. The molecule has 0 fully saturated rings. The van der Waals surface area contributed by atoms with Gasteiger partial charge in [-0.25, -0.2) is 0 Å². The van der Waals surface area contributed by atoms with Crippen LogP contribution in [-0.2, 0) is 0 Å². The van der Waals surface area contributed by atoms with Crippen LogP contribution < -0.4 is 0 Å². The molecule has 10 heavy (non-hydrogen) atoms. The lowest BCUT2D eigenvalue weighted by atomic mass is 10.3. The molecule has 0 aromatic rings. The second-order valence-corrected chi connectivity index (χ2v) is 2.45. The normalized spacial score (nSPS) is 14.1. The molecule has 1 aliphatic heterocycles. The molecule has 0 saturated heterocycles. The first-order chi connectivity index (χ1) is 4.81. The lowest BCUT2D eigenvalue weighted by Gasteiger charge is -1.76. The Bertz CT molecular complexity index is 121. The van der Waals surface area contributed by atoms with E-state index in [9.17, 15) is 0 Å². The van der Waals surface area contributed by atoms with Gasteiger partial charge >= 0.3 is 0 Å². The first-order valence-electron chi connectivity index (χ1n) is 3.99. The molecule has 1 rings (SSSR count). The summed E-state index contributed by atoms with van der Waals surface area (Å²) < 4.78 is 0. The van der Waals surface area contributed by atoms with Crippen LogP contribution in [0.4, 0.5) is 0 Å². The number of nitrogens with zero attached hydrogens (tertiary/aromatic N) is 1. The molecule has 1 nitrogen and oxygen atoms in total. The molecule has 1 aliphatic rings. The molecule has 0 bridgehead atoms. The summed E-state index contributed by atoms with van der Waals surface area (Å²) >= 11 is 0. The van der Waals surface area contributed by atoms with E-state index in [0.29, 0.717) is 0 Å². The third kappa shape index (κ3) is 5.54. The largest absolute Gasteiger partial charge is 0.266 e. The summed E-state index contributed by atoms with van der Waals surface area (Å²) in [6.07, 6.45) is 7.59. The molecule has 0 radical (unpaired) electrons. The van der Waals surface area contributed by atoms with Crippen LogP contribution in [0.15, 0.2) is 17.3 Å². The summed E-state index contributed by atoms with van der Waals surface area (Å²) in [7, 11) is 0. The van der Waals surface area contributed by atoms with Gasteiger partial charge < -0.3 is 0 Å². The topological polar surface area (TPSA) is 12.4 Å². The molecular formula is C9H17N. The molecule has 0 amide bonds. The standard InChI is InChI=1S/C5H7N.C4H10/c1-5-3-2-4-6-5;1-3-4-2/h2,4H,3H2,1H3;3-4H2,1-2H3. The SMILES string of the molecule is CC1=NC=CC1.CCCC. The van der Waals surface area contributed by atoms with Crippen LogP contribution in [-0.4, -0.2) is 5.71 Å². The second-order valence-electron chi connectivity index (χ2n) is 2.45. The van der Waals surface area contributed by atoms with Gasteiger partial charge in [-0.3, -0.25) is 4.99 Å². The minimum Gasteiger partial charge on any atom is -0.266 e. The summed E-state index contributed by atoms with van der Waals surface area (Å²) in [4.78, 5) is 3.97. The molecule has 1 heteroatoms. The van der Waals surface area contributed by atoms with E-state index < -0.39 is 0 Å². The lowest BCUT2D eigenvalue weighted by molar-refractivity contribution is 0.886. The summed E-state index contributed by atoms with van der Waals surface area (Å²) in [5.41, 5.74) is 1.22. The summed E-state index contributed by atoms with van der Waals surface area (Å²) in [6, 6.07) is 0. The first kappa shape index (κ1) is 9.41. The van der Waals surface area contributed by atoms with Crippen molar-refractivity contribution in [3.63, 3.8) is 0 Å². The molecule has 0 N–H and O–H groups in total. The Labute approximate surface area is 63.9 Å². The van der Waals surface area contributed by atoms with Crippen molar-refractivity contribution in [2.24, 2.45) is 4.99 Å². The number of rotatable bonds is 1. The maximum Gasteiger partial charge on any atom is 0.0231 e. The van der Waals surface area contributed by atoms with Gasteiger partial charge in [0.1, 0.15) is 0 Å². The Morgan fingerprint density at radius 2 is 2.00 bits per heavy atom. The van der Waals surface area contributed by atoms with Crippen molar-refractivity contribution in [2.75, 3.05) is 0 Å². The zero-order chi connectivity index (χ0) is 7.82. The lowest BCUT2D eigenvalue weighted by Crippen LogP contribution is -1.78. The fraction of sp³-hybridized carbons (Fsp3) is 0.667. The van der Waals surface area contributed by atoms with Gasteiger partial charge in [0.25, 0.3) is 0 Å². The van der Waals surface area contributed by atoms with Crippen molar-refractivity contribution >= 4 is 5.71 Å². The van der Waals surface area contributed by atoms with E-state index >= 15 is 0 Å². The van der Waals surface area contributed by atoms with Crippen molar-refractivity contribution in [3.05, 3.63) is 12.3 Å². The Kier molecular flexibility index (Phi) is 6.14. The van der Waals surface area contributed by atoms with Gasteiger partial charge in [0, 0.05) is 18.3 Å². The van der Waals surface area contributed by atoms with Crippen molar-refractivity contribution in [1.82, 2.24) is 0 Å². The molecule has 0 spiro atoms. The average Bonchev–Trinajstić information content (AvgIpc) is 2.40. The molecule has 0 unspecified atom stereocenters. The highest BCUT2D eigenvalue weighted by Crippen LogP contribution is 1.96. The molecule has 0 aliphatic carbocycles. The van der Waals surface area contributed by atoms with Gasteiger partial charge in [-0.05, 0) is 6.92 Å². The molecule has 58 valence electrons. The van der Waals surface area contributed by atoms with E-state index in [0.717, 1.165) is 6.42 Å². The molecule has 0 saturated carbocycles. The quantitative estimate of drug-likeness (QED) is 0.529. The van der Waals surface area contributed by atoms with Gasteiger partial charge in [-0.2, -0.15) is 0 Å². The molecule has 0 aromatic heterocycles. The van der Waals surface area contributed by atoms with E-state index in [2.05, 4.69) is 24.9 Å². The van der Waals surface area contributed by atoms with Crippen LogP contribution in [0, 0.1) is 0 Å². The highest BCUT2D eigenvalue weighted by atomic mass is 14.7. The van der Waals surface area contributed by atoms with Gasteiger partial charge in [-0.15, -0.1) is 0 Å². The molecule has 1 heterocycles. The van der Waals surface area contributed by atoms with E-state index in [1.54, 1.807) is 0 Å². The van der Waals surface area contributed by atoms with E-state index in [-0.39, 0.29) is 0 Å². The smallest absolute Gasteiger partial charge is 0.0231 e. The van der Waals surface area contributed by atoms with Gasteiger partial charge in [0.2, 0.25) is 0 Å². The van der Waals surface area contributed by atoms with Gasteiger partial charge in [0.05, 0.1) is 0 Å². The van der Waals surface area contributed by atoms with E-state index in [1.807, 2.05) is 13.1 Å². The maximum atomic E-state index is 3.97. The van der Waals surface area contributed by atoms with Crippen LogP contribution in [0.3, 0.4) is 0 Å². The van der Waals surface area contributed by atoms with Gasteiger partial charge in [0.15, 0.2) is 0 Å². The first-order valence-corrected chi connectivity index (χ1v) is 3.99. The fourth-order valence-electron chi connectivity index (χ4n) is 0.456. The number of aliphatic imine (C=N–C) groups is 1. The van der Waals surface area contributed by atoms with E-state index in [1.165, 1.54) is 18.6 Å². The van der Waals surface area contributed by atoms with Crippen molar-refractivity contribution in [2.45, 2.75) is 40.0 Å². The average molecular weight is 139 g/mol. The van der Waals surface area contributed by atoms with Crippen molar-refractivity contribution in [1.29, 1.82) is 0 Å². The van der Waals surface area contributed by atoms with Gasteiger partial charge in [-0.1, -0.05) is 32.8 Å². The predicted octanol–water partition coefficient (Wildman–Crippen LogP) is 3.17. The number of allylic oxidation sites excluding steroid dienone is 1. The Morgan fingerprint density at radius 1 is 1.40 bits per heavy atom. The molecule has 0 aromatic carbocycles. The highest BCUT2D eigenvalue weighted by Gasteiger charge is 1.88. The second kappa shape index (κ2) is 6.53. The molecule has 0 atom stereocenters. The monoisotopic (exact) mass is 139 g/mol. The Morgan fingerprint density at radius 3 is 2.10 bits per heavy atom. The van der Waals surface area contributed by atoms with Crippen LogP contribution in [0.5, 0.6) is 0 Å². The third-order valence-corrected chi connectivity index (χ3v) is 1.31. The number of hydrogen-bond donors (Lipinski definition) is 0. The number of unbranched alkanes of at least 4 members (excludes halogenated alkanes) is 1. The predicted molar refractivity (Wildman–Crippen MR) is 47.4 cm³/mol. The third-order valence-electron chi connectivity index (χ3n) is 1.31. The van der Waals surface area contributed by atoms with Crippen LogP contribution in [0.2, 0.25) is 0 Å². The van der Waals surface area contributed by atoms with E-state index in [4.69, 9.17) is 0 Å². The molecular weight excluding hydrogens is 122 g/mol. The van der Waals surface area contributed by atoms with Crippen LogP contribution in [0.1, 0.15) is 40.0 Å². The maximum absolute atomic E-state index is 3.97.